The summed E-state index contributed by atoms with van der Waals surface area (Å²) in [7, 11) is 3.43. The van der Waals surface area contributed by atoms with Crippen molar-refractivity contribution in [3.05, 3.63) is 78.3 Å². The van der Waals surface area contributed by atoms with E-state index in [2.05, 4.69) is 12.1 Å². The molecule has 1 aliphatic heterocycles. The SMILES string of the molecule is C=C(OC)N(C)c1ccc(COc2cc(F)cc(ONC=C3COC(C)(C)O3)c2)cc1. The van der Waals surface area contributed by atoms with Crippen LogP contribution in [0.1, 0.15) is 19.4 Å². The second-order valence-electron chi connectivity index (χ2n) is 7.36. The molecular formula is C23H27FN2O5. The van der Waals surface area contributed by atoms with Gasteiger partial charge >= 0.3 is 0 Å². The van der Waals surface area contributed by atoms with Gasteiger partial charge in [0, 0.05) is 44.8 Å². The first-order chi connectivity index (χ1) is 14.8. The normalized spacial score (nSPS) is 15.8. The van der Waals surface area contributed by atoms with Gasteiger partial charge in [0.25, 0.3) is 0 Å². The van der Waals surface area contributed by atoms with Crippen molar-refractivity contribution in [3.63, 3.8) is 0 Å². The first-order valence-electron chi connectivity index (χ1n) is 9.69. The number of ether oxygens (including phenoxy) is 4. The van der Waals surface area contributed by atoms with Crippen LogP contribution in [0, 0.1) is 5.82 Å². The zero-order valence-corrected chi connectivity index (χ0v) is 18.1. The summed E-state index contributed by atoms with van der Waals surface area (Å²) in [4.78, 5) is 7.20. The average Bonchev–Trinajstić information content (AvgIpc) is 3.09. The summed E-state index contributed by atoms with van der Waals surface area (Å²) < 4.78 is 35.8. The molecule has 1 aliphatic rings. The highest BCUT2D eigenvalue weighted by Crippen LogP contribution is 2.25. The quantitative estimate of drug-likeness (QED) is 0.465. The van der Waals surface area contributed by atoms with Gasteiger partial charge in [0.05, 0.1) is 13.3 Å². The molecule has 2 aromatic carbocycles. The van der Waals surface area contributed by atoms with Crippen molar-refractivity contribution in [1.82, 2.24) is 5.48 Å². The van der Waals surface area contributed by atoms with E-state index in [4.69, 9.17) is 23.8 Å². The lowest BCUT2D eigenvalue weighted by atomic mass is 10.2. The fourth-order valence-electron chi connectivity index (χ4n) is 2.80. The number of hydroxylamine groups is 1. The number of nitrogens with one attached hydrogen (secondary N) is 1. The third-order valence-electron chi connectivity index (χ3n) is 4.52. The van der Waals surface area contributed by atoms with Gasteiger partial charge in [-0.1, -0.05) is 12.1 Å². The molecule has 7 nitrogen and oxygen atoms in total. The van der Waals surface area contributed by atoms with Crippen LogP contribution >= 0.6 is 0 Å². The standard InChI is InChI=1S/C23H27FN2O5/c1-16(27-5)26(4)19-8-6-17(7-9-19)14-28-20-10-18(24)11-21(12-20)31-25-13-22-15-29-23(2,3)30-22/h6-13,25H,1,14-15H2,2-5H3. The van der Waals surface area contributed by atoms with Gasteiger partial charge in [-0.05, 0) is 24.3 Å². The Balaban J connectivity index is 1.55. The molecule has 1 heterocycles. The number of rotatable bonds is 9. The maximum atomic E-state index is 14.0. The summed E-state index contributed by atoms with van der Waals surface area (Å²) in [6, 6.07) is 11.8. The lowest BCUT2D eigenvalue weighted by Gasteiger charge is -2.20. The number of halogens is 1. The Morgan fingerprint density at radius 2 is 1.94 bits per heavy atom. The largest absolute Gasteiger partial charge is 0.489 e. The van der Waals surface area contributed by atoms with Crippen molar-refractivity contribution >= 4 is 5.69 Å². The first-order valence-corrected chi connectivity index (χ1v) is 9.69. The van der Waals surface area contributed by atoms with E-state index >= 15 is 0 Å². The fourth-order valence-corrected chi connectivity index (χ4v) is 2.80. The number of anilines is 1. The van der Waals surface area contributed by atoms with E-state index in [9.17, 15) is 4.39 Å². The van der Waals surface area contributed by atoms with Crippen molar-refractivity contribution in [2.75, 3.05) is 25.7 Å². The van der Waals surface area contributed by atoms with Crippen LogP contribution in [0.3, 0.4) is 0 Å². The highest BCUT2D eigenvalue weighted by atomic mass is 19.1. The summed E-state index contributed by atoms with van der Waals surface area (Å²) in [6.45, 7) is 8.05. The average molecular weight is 430 g/mol. The van der Waals surface area contributed by atoms with Crippen molar-refractivity contribution in [2.24, 2.45) is 0 Å². The van der Waals surface area contributed by atoms with E-state index in [1.807, 2.05) is 50.1 Å². The number of nitrogens with zero attached hydrogens (tertiary/aromatic N) is 1. The van der Waals surface area contributed by atoms with Gasteiger partial charge in [-0.2, -0.15) is 0 Å². The molecule has 0 amide bonds. The monoisotopic (exact) mass is 430 g/mol. The molecule has 1 saturated heterocycles. The summed E-state index contributed by atoms with van der Waals surface area (Å²) in [6.07, 6.45) is 1.52. The molecule has 0 unspecified atom stereocenters. The zero-order chi connectivity index (χ0) is 22.4. The molecule has 0 bridgehead atoms. The molecule has 3 rings (SSSR count). The van der Waals surface area contributed by atoms with Crippen molar-refractivity contribution < 1.29 is 28.2 Å². The molecule has 31 heavy (non-hydrogen) atoms. The predicted molar refractivity (Wildman–Crippen MR) is 115 cm³/mol. The second-order valence-corrected chi connectivity index (χ2v) is 7.36. The zero-order valence-electron chi connectivity index (χ0n) is 18.1. The predicted octanol–water partition coefficient (Wildman–Crippen LogP) is 4.47. The third kappa shape index (κ3) is 6.29. The molecule has 1 fully saturated rings. The van der Waals surface area contributed by atoms with Gasteiger partial charge < -0.3 is 28.7 Å². The van der Waals surface area contributed by atoms with E-state index in [-0.39, 0.29) is 12.4 Å². The molecule has 0 spiro atoms. The van der Waals surface area contributed by atoms with Gasteiger partial charge in [0.15, 0.2) is 11.6 Å². The molecule has 0 atom stereocenters. The molecular weight excluding hydrogens is 403 g/mol. The van der Waals surface area contributed by atoms with Crippen LogP contribution in [-0.4, -0.2) is 26.6 Å². The first kappa shape index (κ1) is 22.3. The van der Waals surface area contributed by atoms with Crippen LogP contribution in [-0.2, 0) is 20.8 Å². The van der Waals surface area contributed by atoms with Gasteiger partial charge in [-0.3, -0.25) is 0 Å². The van der Waals surface area contributed by atoms with Gasteiger partial charge in [0.1, 0.15) is 30.5 Å². The Labute approximate surface area is 181 Å². The lowest BCUT2D eigenvalue weighted by Crippen LogP contribution is -2.19. The Kier molecular flexibility index (Phi) is 6.91. The van der Waals surface area contributed by atoms with E-state index in [1.54, 1.807) is 13.2 Å². The molecule has 8 heteroatoms. The van der Waals surface area contributed by atoms with E-state index in [0.717, 1.165) is 11.3 Å². The number of benzene rings is 2. The van der Waals surface area contributed by atoms with Crippen LogP contribution in [0.2, 0.25) is 0 Å². The van der Waals surface area contributed by atoms with Gasteiger partial charge in [0.2, 0.25) is 5.79 Å². The van der Waals surface area contributed by atoms with Crippen LogP contribution in [0.5, 0.6) is 11.5 Å². The van der Waals surface area contributed by atoms with E-state index < -0.39 is 11.6 Å². The topological polar surface area (TPSA) is 61.4 Å². The Bertz CT molecular complexity index is 943. The molecule has 0 aliphatic carbocycles. The number of hydrogen-bond donors (Lipinski definition) is 1. The Morgan fingerprint density at radius 3 is 2.58 bits per heavy atom. The Hall–Kier alpha value is -3.39. The minimum Gasteiger partial charge on any atom is -0.489 e. The molecule has 2 aromatic rings. The minimum absolute atomic E-state index is 0.264. The fraction of sp³-hybridized carbons (Fsp3) is 0.304. The molecule has 0 aromatic heterocycles. The maximum Gasteiger partial charge on any atom is 0.205 e. The van der Waals surface area contributed by atoms with Crippen LogP contribution in [0.25, 0.3) is 0 Å². The van der Waals surface area contributed by atoms with Gasteiger partial charge in [-0.25, -0.2) is 9.87 Å². The van der Waals surface area contributed by atoms with E-state index in [1.165, 1.54) is 18.3 Å². The second kappa shape index (κ2) is 9.61. The van der Waals surface area contributed by atoms with E-state index in [0.29, 0.717) is 24.0 Å². The summed E-state index contributed by atoms with van der Waals surface area (Å²) in [5.74, 6) is 0.592. The van der Waals surface area contributed by atoms with Crippen molar-refractivity contribution in [1.29, 1.82) is 0 Å². The lowest BCUT2D eigenvalue weighted by molar-refractivity contribution is -0.116. The minimum atomic E-state index is -0.668. The van der Waals surface area contributed by atoms with Gasteiger partial charge in [-0.15, -0.1) is 0 Å². The van der Waals surface area contributed by atoms with Crippen molar-refractivity contribution in [3.8, 4) is 11.5 Å². The highest BCUT2D eigenvalue weighted by molar-refractivity contribution is 5.50. The van der Waals surface area contributed by atoms with Crippen LogP contribution in [0.15, 0.2) is 66.9 Å². The molecule has 1 N–H and O–H groups in total. The number of methoxy groups -OCH3 is 1. The molecule has 166 valence electrons. The maximum absolute atomic E-state index is 14.0. The summed E-state index contributed by atoms with van der Waals surface area (Å²) >= 11 is 0. The smallest absolute Gasteiger partial charge is 0.205 e. The molecule has 0 radical (unpaired) electrons. The van der Waals surface area contributed by atoms with Crippen LogP contribution in [0.4, 0.5) is 10.1 Å². The third-order valence-corrected chi connectivity index (χ3v) is 4.52. The van der Waals surface area contributed by atoms with Crippen molar-refractivity contribution in [2.45, 2.75) is 26.2 Å². The summed E-state index contributed by atoms with van der Waals surface area (Å²) in [5, 5.41) is 0. The number of hydrogen-bond acceptors (Lipinski definition) is 7. The highest BCUT2D eigenvalue weighted by Gasteiger charge is 2.28. The Morgan fingerprint density at radius 1 is 1.23 bits per heavy atom. The summed E-state index contributed by atoms with van der Waals surface area (Å²) in [5.41, 5.74) is 4.48. The van der Waals surface area contributed by atoms with Crippen LogP contribution < -0.4 is 20.0 Å². The molecule has 0 saturated carbocycles.